The Balaban J connectivity index is 1.83. The Morgan fingerprint density at radius 2 is 1.95 bits per heavy atom. The minimum Gasteiger partial charge on any atom is -0.460 e. The average molecular weight is 544 g/mol. The van der Waals surface area contributed by atoms with Crippen LogP contribution in [0.4, 0.5) is 4.79 Å². The molecule has 0 spiro atoms. The Hall–Kier alpha value is -2.61. The third-order valence-electron chi connectivity index (χ3n) is 7.73. The molecule has 2 heterocycles. The number of methoxy groups -OCH3 is 1. The predicted octanol–water partition coefficient (Wildman–Crippen LogP) is 6.07. The minimum absolute atomic E-state index is 0.153. The lowest BCUT2D eigenvalue weighted by Gasteiger charge is -2.31. The monoisotopic (exact) mass is 543 g/mol. The summed E-state index contributed by atoms with van der Waals surface area (Å²) in [6.07, 6.45) is 2.19. The predicted molar refractivity (Wildman–Crippen MR) is 154 cm³/mol. The van der Waals surface area contributed by atoms with Crippen LogP contribution in [0.5, 0.6) is 0 Å². The molecule has 1 aliphatic rings. The second-order valence-electron chi connectivity index (χ2n) is 12.8. The van der Waals surface area contributed by atoms with Crippen LogP contribution in [-0.2, 0) is 32.0 Å². The maximum atomic E-state index is 12.8. The average Bonchev–Trinajstić information content (AvgIpc) is 3.36. The Labute approximate surface area is 234 Å². The fourth-order valence-corrected chi connectivity index (χ4v) is 5.45. The van der Waals surface area contributed by atoms with Crippen LogP contribution in [0.15, 0.2) is 18.2 Å². The van der Waals surface area contributed by atoms with Gasteiger partial charge in [0, 0.05) is 25.6 Å². The molecule has 1 N–H and O–H groups in total. The van der Waals surface area contributed by atoms with Crippen molar-refractivity contribution in [2.24, 2.45) is 23.7 Å². The number of carbonyl (C=O) groups is 2. The van der Waals surface area contributed by atoms with Crippen LogP contribution in [0.2, 0.25) is 0 Å². The molecule has 0 saturated carbocycles. The van der Waals surface area contributed by atoms with Crippen molar-refractivity contribution in [3.05, 3.63) is 29.5 Å². The first-order chi connectivity index (χ1) is 18.3. The molecule has 0 bridgehead atoms. The van der Waals surface area contributed by atoms with Crippen molar-refractivity contribution in [2.45, 2.75) is 105 Å². The Morgan fingerprint density at radius 1 is 1.23 bits per heavy atom. The smallest absolute Gasteiger partial charge is 0.408 e. The van der Waals surface area contributed by atoms with Gasteiger partial charge in [-0.3, -0.25) is 9.48 Å². The van der Waals surface area contributed by atoms with Gasteiger partial charge >= 0.3 is 12.1 Å². The summed E-state index contributed by atoms with van der Waals surface area (Å²) in [5.74, 6) is 0.476. The van der Waals surface area contributed by atoms with Gasteiger partial charge in [-0.05, 0) is 82.8 Å². The molecule has 8 heteroatoms. The molecule has 0 aliphatic carbocycles. The van der Waals surface area contributed by atoms with E-state index in [4.69, 9.17) is 19.3 Å². The van der Waals surface area contributed by atoms with Crippen molar-refractivity contribution in [1.82, 2.24) is 15.1 Å². The number of hydrogen-bond acceptors (Lipinski definition) is 6. The number of amides is 1. The number of rotatable bonds is 12. The van der Waals surface area contributed by atoms with E-state index in [0.717, 1.165) is 30.6 Å². The van der Waals surface area contributed by atoms with Crippen molar-refractivity contribution in [2.75, 3.05) is 13.7 Å². The molecule has 1 saturated heterocycles. The highest BCUT2D eigenvalue weighted by Gasteiger charge is 2.42. The zero-order chi connectivity index (χ0) is 28.9. The van der Waals surface area contributed by atoms with Crippen LogP contribution < -0.4 is 5.32 Å². The number of aryl methyl sites for hydroxylation is 2. The van der Waals surface area contributed by atoms with Crippen LogP contribution in [0.1, 0.15) is 79.0 Å². The molecule has 0 unspecified atom stereocenters. The molecule has 1 amide bonds. The third kappa shape index (κ3) is 8.44. The fraction of sp³-hybridized carbons (Fsp3) is 0.710. The summed E-state index contributed by atoms with van der Waals surface area (Å²) in [5, 5.41) is 9.00. The number of hydrogen-bond donors (Lipinski definition) is 1. The number of nitrogens with one attached hydrogen (secondary N) is 1. The van der Waals surface area contributed by atoms with Crippen LogP contribution in [-0.4, -0.2) is 53.3 Å². The highest BCUT2D eigenvalue weighted by Crippen LogP contribution is 2.33. The highest BCUT2D eigenvalue weighted by molar-refractivity contribution is 5.82. The van der Waals surface area contributed by atoms with Gasteiger partial charge in [0.1, 0.15) is 11.7 Å². The molecular weight excluding hydrogens is 494 g/mol. The molecule has 1 aromatic heterocycles. The molecule has 2 aromatic rings. The van der Waals surface area contributed by atoms with Crippen molar-refractivity contribution < 1.29 is 23.8 Å². The van der Waals surface area contributed by atoms with Crippen LogP contribution in [0.25, 0.3) is 10.9 Å². The first-order valence-electron chi connectivity index (χ1n) is 14.4. The number of carbonyl (C=O) groups excluding carboxylic acids is 2. The molecule has 39 heavy (non-hydrogen) atoms. The van der Waals surface area contributed by atoms with Gasteiger partial charge in [0.05, 0.1) is 23.2 Å². The lowest BCUT2D eigenvalue weighted by Crippen LogP contribution is -2.47. The van der Waals surface area contributed by atoms with Crippen molar-refractivity contribution in [1.29, 1.82) is 0 Å². The molecule has 1 aromatic carbocycles. The summed E-state index contributed by atoms with van der Waals surface area (Å²) in [7, 11) is 1.72. The van der Waals surface area contributed by atoms with E-state index >= 15 is 0 Å². The second-order valence-corrected chi connectivity index (χ2v) is 12.8. The third-order valence-corrected chi connectivity index (χ3v) is 7.73. The van der Waals surface area contributed by atoms with Gasteiger partial charge in [-0.25, -0.2) is 4.79 Å². The highest BCUT2D eigenvalue weighted by atomic mass is 16.6. The summed E-state index contributed by atoms with van der Waals surface area (Å²) in [6.45, 7) is 17.6. The first-order valence-corrected chi connectivity index (χ1v) is 14.4. The number of nitrogens with zero attached hydrogens (tertiary/aromatic N) is 2. The van der Waals surface area contributed by atoms with E-state index < -0.39 is 11.7 Å². The van der Waals surface area contributed by atoms with Crippen LogP contribution in [0.3, 0.4) is 0 Å². The number of alkyl carbamates (subject to hydrolysis) is 1. The Bertz CT molecular complexity index is 1120. The lowest BCUT2D eigenvalue weighted by molar-refractivity contribution is -0.146. The number of benzene rings is 1. The van der Waals surface area contributed by atoms with Gasteiger partial charge in [0.2, 0.25) is 0 Å². The summed E-state index contributed by atoms with van der Waals surface area (Å²) < 4.78 is 18.7. The van der Waals surface area contributed by atoms with E-state index in [-0.39, 0.29) is 35.9 Å². The molecule has 1 fully saturated rings. The normalized spacial score (nSPS) is 19.5. The molecule has 0 radical (unpaired) electrons. The van der Waals surface area contributed by atoms with Crippen molar-refractivity contribution in [3.8, 4) is 0 Å². The van der Waals surface area contributed by atoms with Gasteiger partial charge < -0.3 is 19.5 Å². The number of cyclic esters (lactones) is 1. The summed E-state index contributed by atoms with van der Waals surface area (Å²) >= 11 is 0. The maximum absolute atomic E-state index is 12.8. The van der Waals surface area contributed by atoms with E-state index in [1.807, 2.05) is 41.5 Å². The summed E-state index contributed by atoms with van der Waals surface area (Å²) in [4.78, 5) is 25.5. The number of fused-ring (bicyclic) bond motifs is 1. The fourth-order valence-electron chi connectivity index (χ4n) is 5.45. The van der Waals surface area contributed by atoms with Crippen molar-refractivity contribution >= 4 is 23.0 Å². The largest absolute Gasteiger partial charge is 0.460 e. The molecule has 218 valence electrons. The molecular formula is C31H49N3O5. The topological polar surface area (TPSA) is 91.7 Å². The van der Waals surface area contributed by atoms with Crippen LogP contribution >= 0.6 is 0 Å². The van der Waals surface area contributed by atoms with Gasteiger partial charge in [-0.15, -0.1) is 0 Å². The zero-order valence-corrected chi connectivity index (χ0v) is 25.4. The number of ether oxygens (including phenoxy) is 3. The maximum Gasteiger partial charge on any atom is 0.408 e. The Kier molecular flexibility index (Phi) is 10.4. The van der Waals surface area contributed by atoms with E-state index in [9.17, 15) is 9.59 Å². The van der Waals surface area contributed by atoms with Gasteiger partial charge in [0.15, 0.2) is 0 Å². The first kappa shape index (κ1) is 30.9. The zero-order valence-electron chi connectivity index (χ0n) is 25.4. The number of esters is 1. The molecule has 8 nitrogen and oxygen atoms in total. The van der Waals surface area contributed by atoms with E-state index in [2.05, 4.69) is 42.0 Å². The lowest BCUT2D eigenvalue weighted by atomic mass is 9.81. The minimum atomic E-state index is -0.612. The summed E-state index contributed by atoms with van der Waals surface area (Å²) in [6, 6.07) is 6.27. The quantitative estimate of drug-likeness (QED) is 0.258. The molecule has 1 aliphatic heterocycles. The van der Waals surface area contributed by atoms with Gasteiger partial charge in [-0.1, -0.05) is 39.8 Å². The van der Waals surface area contributed by atoms with Crippen molar-refractivity contribution in [3.63, 3.8) is 0 Å². The van der Waals surface area contributed by atoms with Gasteiger partial charge in [0.25, 0.3) is 0 Å². The van der Waals surface area contributed by atoms with Gasteiger partial charge in [-0.2, -0.15) is 5.10 Å². The molecule has 4 atom stereocenters. The van der Waals surface area contributed by atoms with E-state index in [1.54, 1.807) is 7.11 Å². The SMILES string of the molecule is COCCCn1nc(C)c2ccc(C[C@@H](C[C@H](NC(=O)OC(C)(C)C)[C@@H]3C[C@@H](C(C)C)C(=O)O3)C(C)C)cc21. The van der Waals surface area contributed by atoms with E-state index in [0.29, 0.717) is 25.4 Å². The standard InChI is InChI=1S/C31H49N3O5/c1-19(2)23(15-22-11-12-24-21(5)33-34(27(24)16-22)13-10-14-37-9)17-26(32-30(36)39-31(6,7)8)28-18-25(20(3)4)29(35)38-28/h11-12,16,19-20,23,25-26,28H,10,13-15,17-18H2,1-9H3,(H,32,36)/t23-,25-,26-,28-/m0/s1. The molecule has 3 rings (SSSR count). The Morgan fingerprint density at radius 3 is 2.54 bits per heavy atom. The van der Waals surface area contributed by atoms with E-state index in [1.165, 1.54) is 10.9 Å². The number of aromatic nitrogens is 2. The van der Waals surface area contributed by atoms with Crippen LogP contribution in [0, 0.1) is 30.6 Å². The second kappa shape index (κ2) is 13.2. The summed E-state index contributed by atoms with van der Waals surface area (Å²) in [5.41, 5.74) is 2.78.